The topological polar surface area (TPSA) is 136 Å². The van der Waals surface area contributed by atoms with Crippen molar-refractivity contribution in [1.82, 2.24) is 9.62 Å². The molecule has 2 fully saturated rings. The Hall–Kier alpha value is -3.37. The summed E-state index contributed by atoms with van der Waals surface area (Å²) in [5, 5.41) is 0.165. The predicted octanol–water partition coefficient (Wildman–Crippen LogP) is 5.37. The lowest BCUT2D eigenvalue weighted by molar-refractivity contribution is -0.176. The molecule has 0 bridgehead atoms. The van der Waals surface area contributed by atoms with Crippen molar-refractivity contribution in [3.8, 4) is 0 Å². The highest BCUT2D eigenvalue weighted by Gasteiger charge is 2.45. The van der Waals surface area contributed by atoms with Crippen LogP contribution >= 0.6 is 11.6 Å². The third-order valence-corrected chi connectivity index (χ3v) is 9.78. The van der Waals surface area contributed by atoms with Crippen LogP contribution in [0.2, 0.25) is 5.02 Å². The quantitative estimate of drug-likeness (QED) is 0.280. The minimum absolute atomic E-state index is 0.0630. The average Bonchev–Trinajstić information content (AvgIpc) is 2.97. The molecule has 2 aliphatic rings. The summed E-state index contributed by atoms with van der Waals surface area (Å²) >= 11 is 5.79. The number of piperidine rings is 1. The Morgan fingerprint density at radius 2 is 1.43 bits per heavy atom. The lowest BCUT2D eigenvalue weighted by Gasteiger charge is -2.38. The molecule has 1 saturated carbocycles. The Morgan fingerprint density at radius 1 is 0.913 bits per heavy atom. The Kier molecular flexibility index (Phi) is 10.3. The Bertz CT molecular complexity index is 1540. The highest BCUT2D eigenvalue weighted by molar-refractivity contribution is 7.90. The number of rotatable bonds is 8. The zero-order chi connectivity index (χ0) is 34.1. The molecule has 2 aromatic rings. The number of alkyl halides is 6. The number of carbonyl (C=O) groups is 3. The van der Waals surface area contributed by atoms with Crippen molar-refractivity contribution in [2.75, 3.05) is 13.1 Å². The SMILES string of the molecule is NC(=O)C1(OC(=O)C2CCN(C(C(=O)NS(=O)(=O)c3ccc(Cl)cc3)c3cc(C(F)(F)F)cc(C(F)(F)F)c3)CC2)CCCCC1. The van der Waals surface area contributed by atoms with E-state index in [0.717, 1.165) is 18.6 Å². The fourth-order valence-corrected chi connectivity index (χ4v) is 6.83. The van der Waals surface area contributed by atoms with E-state index in [9.17, 15) is 49.1 Å². The first-order valence-corrected chi connectivity index (χ1v) is 16.1. The molecular formula is C29H30ClF6N3O6S. The molecule has 0 radical (unpaired) electrons. The van der Waals surface area contributed by atoms with Gasteiger partial charge in [-0.25, -0.2) is 13.1 Å². The number of benzene rings is 2. The highest BCUT2D eigenvalue weighted by Crippen LogP contribution is 2.40. The van der Waals surface area contributed by atoms with Gasteiger partial charge in [-0.05, 0) is 86.6 Å². The minimum atomic E-state index is -5.24. The largest absolute Gasteiger partial charge is 0.449 e. The third kappa shape index (κ3) is 8.12. The molecule has 0 aromatic heterocycles. The number of halogens is 7. The van der Waals surface area contributed by atoms with Crippen LogP contribution in [-0.2, 0) is 41.5 Å². The standard InChI is InChI=1S/C29H30ClF6N3O6S/c30-21-4-6-22(7-5-21)46(43,44)38-24(40)23(18-14-19(28(31,32)33)16-20(15-18)29(34,35)36)39-12-8-17(9-13-39)25(41)45-27(26(37)42)10-2-1-3-11-27/h4-7,14-17,23H,1-3,8-13H2,(H2,37,42)(H,38,40). The van der Waals surface area contributed by atoms with Crippen molar-refractivity contribution in [1.29, 1.82) is 0 Å². The van der Waals surface area contributed by atoms with Gasteiger partial charge in [-0.1, -0.05) is 18.0 Å². The van der Waals surface area contributed by atoms with E-state index < -0.39 is 79.3 Å². The number of hydrogen-bond acceptors (Lipinski definition) is 7. The number of nitrogens with two attached hydrogens (primary N) is 1. The van der Waals surface area contributed by atoms with Crippen molar-refractivity contribution in [2.45, 2.75) is 73.8 Å². The van der Waals surface area contributed by atoms with Crippen LogP contribution in [0.3, 0.4) is 0 Å². The van der Waals surface area contributed by atoms with Gasteiger partial charge in [-0.2, -0.15) is 26.3 Å². The molecular weight excluding hydrogens is 668 g/mol. The number of nitrogens with zero attached hydrogens (tertiary/aromatic N) is 1. The maximum Gasteiger partial charge on any atom is 0.416 e. The molecule has 1 saturated heterocycles. The number of sulfonamides is 1. The molecule has 3 N–H and O–H groups in total. The Labute approximate surface area is 265 Å². The fraction of sp³-hybridized carbons (Fsp3) is 0.483. The van der Waals surface area contributed by atoms with E-state index >= 15 is 0 Å². The van der Waals surface area contributed by atoms with Crippen LogP contribution in [0, 0.1) is 5.92 Å². The van der Waals surface area contributed by atoms with Crippen LogP contribution in [0.1, 0.15) is 67.7 Å². The number of ether oxygens (including phenoxy) is 1. The van der Waals surface area contributed by atoms with Crippen molar-refractivity contribution in [2.24, 2.45) is 11.7 Å². The number of esters is 1. The van der Waals surface area contributed by atoms with E-state index in [2.05, 4.69) is 0 Å². The lowest BCUT2D eigenvalue weighted by Crippen LogP contribution is -2.51. The molecule has 252 valence electrons. The summed E-state index contributed by atoms with van der Waals surface area (Å²) in [6, 6.07) is 3.19. The van der Waals surface area contributed by atoms with Crippen LogP contribution < -0.4 is 10.5 Å². The summed E-state index contributed by atoms with van der Waals surface area (Å²) in [6.07, 6.45) is -8.06. The van der Waals surface area contributed by atoms with E-state index in [-0.39, 0.29) is 49.9 Å². The van der Waals surface area contributed by atoms with Gasteiger partial charge in [0.05, 0.1) is 21.9 Å². The van der Waals surface area contributed by atoms with Gasteiger partial charge in [0.25, 0.3) is 21.8 Å². The number of amides is 2. The Balaban J connectivity index is 1.65. The molecule has 17 heteroatoms. The summed E-state index contributed by atoms with van der Waals surface area (Å²) < 4.78 is 116. The molecule has 2 aromatic carbocycles. The van der Waals surface area contributed by atoms with Crippen LogP contribution in [0.25, 0.3) is 0 Å². The van der Waals surface area contributed by atoms with E-state index in [1.54, 1.807) is 4.72 Å². The number of likely N-dealkylation sites (tertiary alicyclic amines) is 1. The summed E-state index contributed by atoms with van der Waals surface area (Å²) in [6.45, 7) is -0.444. The highest BCUT2D eigenvalue weighted by atomic mass is 35.5. The second kappa shape index (κ2) is 13.4. The number of carbonyl (C=O) groups excluding carboxylic acids is 3. The summed E-state index contributed by atoms with van der Waals surface area (Å²) in [5.74, 6) is -3.78. The molecule has 1 atom stereocenters. The average molecular weight is 698 g/mol. The van der Waals surface area contributed by atoms with Gasteiger partial charge in [0.2, 0.25) is 0 Å². The summed E-state index contributed by atoms with van der Waals surface area (Å²) in [7, 11) is -4.65. The van der Waals surface area contributed by atoms with Gasteiger partial charge in [0, 0.05) is 18.1 Å². The molecule has 46 heavy (non-hydrogen) atoms. The van der Waals surface area contributed by atoms with Gasteiger partial charge in [-0.3, -0.25) is 19.3 Å². The van der Waals surface area contributed by atoms with Crippen molar-refractivity contribution in [3.63, 3.8) is 0 Å². The third-order valence-electron chi connectivity index (χ3n) is 8.17. The molecule has 1 unspecified atom stereocenters. The zero-order valence-corrected chi connectivity index (χ0v) is 25.7. The zero-order valence-electron chi connectivity index (χ0n) is 24.1. The van der Waals surface area contributed by atoms with Gasteiger partial charge < -0.3 is 10.5 Å². The molecule has 9 nitrogen and oxygen atoms in total. The first-order chi connectivity index (χ1) is 21.3. The van der Waals surface area contributed by atoms with Crippen molar-refractivity contribution < 1.29 is 53.9 Å². The maximum atomic E-state index is 13.7. The second-order valence-electron chi connectivity index (χ2n) is 11.3. The second-order valence-corrected chi connectivity index (χ2v) is 13.4. The van der Waals surface area contributed by atoms with Crippen molar-refractivity contribution in [3.05, 3.63) is 64.2 Å². The van der Waals surface area contributed by atoms with Crippen LogP contribution in [0.4, 0.5) is 26.3 Å². The smallest absolute Gasteiger partial charge is 0.416 e. The number of nitrogens with one attached hydrogen (secondary N) is 1. The van der Waals surface area contributed by atoms with Crippen molar-refractivity contribution >= 4 is 39.4 Å². The molecule has 0 spiro atoms. The first kappa shape index (κ1) is 35.5. The molecule has 1 heterocycles. The molecule has 1 aliphatic heterocycles. The lowest BCUT2D eigenvalue weighted by atomic mass is 9.83. The monoisotopic (exact) mass is 697 g/mol. The van der Waals surface area contributed by atoms with Crippen LogP contribution in [-0.4, -0.2) is 49.8 Å². The molecule has 2 amide bonds. The number of hydrogen-bond donors (Lipinski definition) is 2. The van der Waals surface area contributed by atoms with E-state index in [0.29, 0.717) is 25.0 Å². The first-order valence-electron chi connectivity index (χ1n) is 14.2. The Morgan fingerprint density at radius 3 is 1.91 bits per heavy atom. The maximum absolute atomic E-state index is 13.7. The molecule has 4 rings (SSSR count). The van der Waals surface area contributed by atoms with Crippen LogP contribution in [0.5, 0.6) is 0 Å². The van der Waals surface area contributed by atoms with Gasteiger partial charge >= 0.3 is 18.3 Å². The predicted molar refractivity (Wildman–Crippen MR) is 151 cm³/mol. The number of primary amides is 1. The van der Waals surface area contributed by atoms with Crippen LogP contribution in [0.15, 0.2) is 47.4 Å². The van der Waals surface area contributed by atoms with E-state index in [1.807, 2.05) is 0 Å². The van der Waals surface area contributed by atoms with Gasteiger partial charge in [0.1, 0.15) is 6.04 Å². The minimum Gasteiger partial charge on any atom is -0.449 e. The normalized spacial score (nSPS) is 18.8. The molecule has 1 aliphatic carbocycles. The summed E-state index contributed by atoms with van der Waals surface area (Å²) in [4.78, 5) is 39.6. The van der Waals surface area contributed by atoms with E-state index in [1.165, 1.54) is 17.0 Å². The summed E-state index contributed by atoms with van der Waals surface area (Å²) in [5.41, 5.74) is -0.0891. The van der Waals surface area contributed by atoms with Gasteiger partial charge in [0.15, 0.2) is 5.60 Å². The van der Waals surface area contributed by atoms with E-state index in [4.69, 9.17) is 22.1 Å². The fourth-order valence-electron chi connectivity index (χ4n) is 5.72. The van der Waals surface area contributed by atoms with Gasteiger partial charge in [-0.15, -0.1) is 0 Å².